The highest BCUT2D eigenvalue weighted by molar-refractivity contribution is 6.00. The van der Waals surface area contributed by atoms with E-state index in [4.69, 9.17) is 19.4 Å². The SMILES string of the molecule is CCN1CCc2c(nc(-c3ccc(NC(=O)Nc4ccc(C(=O)OC)cc4)cc3)nc2N2C3CCC2COC3)C1. The standard InChI is InChI=1S/C30H34N6O4/c1-3-35-15-14-25-26(16-35)33-27(34-28(25)36-23-12-13-24(36)18-40-17-23)19-4-8-21(9-5-19)31-30(38)32-22-10-6-20(7-11-22)29(37)39-2/h4-11,23-24H,3,12-18H2,1-2H3,(H2,31,32,38). The summed E-state index contributed by atoms with van der Waals surface area (Å²) < 4.78 is 10.6. The number of nitrogens with zero attached hydrogens (tertiary/aromatic N) is 4. The zero-order valence-corrected chi connectivity index (χ0v) is 22.9. The third kappa shape index (κ3) is 5.24. The number of esters is 1. The smallest absolute Gasteiger partial charge is 0.337 e. The van der Waals surface area contributed by atoms with Crippen molar-refractivity contribution in [3.8, 4) is 11.4 Å². The molecule has 2 fully saturated rings. The van der Waals surface area contributed by atoms with Crippen LogP contribution < -0.4 is 15.5 Å². The van der Waals surface area contributed by atoms with Gasteiger partial charge in [0, 0.05) is 35.6 Å². The van der Waals surface area contributed by atoms with Crippen molar-refractivity contribution in [3.63, 3.8) is 0 Å². The average molecular weight is 543 g/mol. The van der Waals surface area contributed by atoms with Crippen LogP contribution in [0.3, 0.4) is 0 Å². The molecule has 10 heteroatoms. The van der Waals surface area contributed by atoms with Gasteiger partial charge < -0.3 is 25.0 Å². The van der Waals surface area contributed by atoms with Crippen molar-refractivity contribution in [2.75, 3.05) is 48.9 Å². The Labute approximate surface area is 233 Å². The van der Waals surface area contributed by atoms with Crippen LogP contribution in [0.5, 0.6) is 0 Å². The van der Waals surface area contributed by atoms with Crippen molar-refractivity contribution in [3.05, 3.63) is 65.4 Å². The molecule has 2 aromatic carbocycles. The zero-order valence-electron chi connectivity index (χ0n) is 22.9. The fourth-order valence-corrected chi connectivity index (χ4v) is 5.86. The predicted octanol–water partition coefficient (Wildman–Crippen LogP) is 4.32. The van der Waals surface area contributed by atoms with Crippen LogP contribution in [-0.4, -0.2) is 72.4 Å². The molecule has 0 aliphatic carbocycles. The van der Waals surface area contributed by atoms with Gasteiger partial charge in [-0.15, -0.1) is 0 Å². The second kappa shape index (κ2) is 11.2. The van der Waals surface area contributed by atoms with Crippen molar-refractivity contribution in [1.29, 1.82) is 0 Å². The van der Waals surface area contributed by atoms with E-state index in [1.54, 1.807) is 24.3 Å². The number of urea groups is 1. The van der Waals surface area contributed by atoms with Gasteiger partial charge in [0.05, 0.1) is 43.7 Å². The molecule has 1 aromatic heterocycles. The van der Waals surface area contributed by atoms with Crippen molar-refractivity contribution in [2.24, 2.45) is 0 Å². The van der Waals surface area contributed by atoms with Crippen LogP contribution in [0.25, 0.3) is 11.4 Å². The van der Waals surface area contributed by atoms with E-state index in [1.165, 1.54) is 12.7 Å². The molecule has 10 nitrogen and oxygen atoms in total. The highest BCUT2D eigenvalue weighted by atomic mass is 16.5. The van der Waals surface area contributed by atoms with Crippen LogP contribution in [0.4, 0.5) is 22.0 Å². The van der Waals surface area contributed by atoms with Crippen molar-refractivity contribution >= 4 is 29.2 Å². The van der Waals surface area contributed by atoms with Crippen LogP contribution in [0.15, 0.2) is 48.5 Å². The number of morpholine rings is 1. The summed E-state index contributed by atoms with van der Waals surface area (Å²) in [5.41, 5.74) is 4.92. The van der Waals surface area contributed by atoms with Gasteiger partial charge in [-0.3, -0.25) is 4.90 Å². The molecule has 40 heavy (non-hydrogen) atoms. The summed E-state index contributed by atoms with van der Waals surface area (Å²) in [6.45, 7) is 6.54. The number of fused-ring (bicyclic) bond motifs is 3. The Morgan fingerprint density at radius 3 is 2.25 bits per heavy atom. The number of amides is 2. The van der Waals surface area contributed by atoms with E-state index < -0.39 is 5.97 Å². The molecule has 2 unspecified atom stereocenters. The molecule has 2 atom stereocenters. The molecule has 3 aliphatic heterocycles. The Morgan fingerprint density at radius 2 is 1.62 bits per heavy atom. The molecule has 2 amide bonds. The minimum atomic E-state index is -0.425. The van der Waals surface area contributed by atoms with Gasteiger partial charge in [0.1, 0.15) is 5.82 Å². The van der Waals surface area contributed by atoms with E-state index in [1.807, 2.05) is 24.3 Å². The van der Waals surface area contributed by atoms with Gasteiger partial charge in [-0.25, -0.2) is 19.6 Å². The summed E-state index contributed by atoms with van der Waals surface area (Å²) >= 11 is 0. The van der Waals surface area contributed by atoms with E-state index in [0.717, 1.165) is 69.2 Å². The van der Waals surface area contributed by atoms with Gasteiger partial charge >= 0.3 is 12.0 Å². The highest BCUT2D eigenvalue weighted by Crippen LogP contribution is 2.38. The number of carbonyl (C=O) groups excluding carboxylic acids is 2. The van der Waals surface area contributed by atoms with Crippen LogP contribution in [0.1, 0.15) is 41.4 Å². The highest BCUT2D eigenvalue weighted by Gasteiger charge is 2.40. The van der Waals surface area contributed by atoms with E-state index >= 15 is 0 Å². The normalized spacial score (nSPS) is 20.1. The average Bonchev–Trinajstić information content (AvgIpc) is 3.23. The van der Waals surface area contributed by atoms with Gasteiger partial charge in [-0.05, 0) is 74.3 Å². The number of carbonyl (C=O) groups is 2. The maximum atomic E-state index is 12.6. The third-order valence-electron chi connectivity index (χ3n) is 8.02. The lowest BCUT2D eigenvalue weighted by molar-refractivity contribution is 0.0600. The first-order valence-corrected chi connectivity index (χ1v) is 13.9. The summed E-state index contributed by atoms with van der Waals surface area (Å²) in [7, 11) is 1.33. The number of hydrogen-bond donors (Lipinski definition) is 2. The van der Waals surface area contributed by atoms with Crippen LogP contribution >= 0.6 is 0 Å². The first-order chi connectivity index (χ1) is 19.5. The largest absolute Gasteiger partial charge is 0.465 e. The Morgan fingerprint density at radius 1 is 0.975 bits per heavy atom. The molecular formula is C30H34N6O4. The molecule has 3 aromatic rings. The molecule has 4 heterocycles. The van der Waals surface area contributed by atoms with E-state index in [2.05, 4.69) is 27.4 Å². The minimum Gasteiger partial charge on any atom is -0.465 e. The van der Waals surface area contributed by atoms with Crippen LogP contribution in [0, 0.1) is 0 Å². The van der Waals surface area contributed by atoms with Gasteiger partial charge in [0.2, 0.25) is 0 Å². The number of anilines is 3. The van der Waals surface area contributed by atoms with E-state index in [-0.39, 0.29) is 6.03 Å². The third-order valence-corrected chi connectivity index (χ3v) is 8.02. The number of likely N-dealkylation sites (N-methyl/N-ethyl adjacent to an activating group) is 1. The molecule has 2 N–H and O–H groups in total. The Balaban J connectivity index is 1.20. The molecule has 0 spiro atoms. The number of rotatable bonds is 6. The molecule has 2 saturated heterocycles. The van der Waals surface area contributed by atoms with E-state index in [9.17, 15) is 9.59 Å². The maximum absolute atomic E-state index is 12.6. The lowest BCUT2D eigenvalue weighted by Crippen LogP contribution is -2.47. The molecule has 6 rings (SSSR count). The number of aromatic nitrogens is 2. The maximum Gasteiger partial charge on any atom is 0.337 e. The van der Waals surface area contributed by atoms with Crippen molar-refractivity contribution in [1.82, 2.24) is 14.9 Å². The zero-order chi connectivity index (χ0) is 27.6. The van der Waals surface area contributed by atoms with Crippen molar-refractivity contribution < 1.29 is 19.1 Å². The summed E-state index contributed by atoms with van der Waals surface area (Å²) in [6, 6.07) is 14.5. The number of nitrogens with one attached hydrogen (secondary N) is 2. The molecule has 3 aliphatic rings. The van der Waals surface area contributed by atoms with Gasteiger partial charge in [0.25, 0.3) is 0 Å². The molecule has 2 bridgehead atoms. The fraction of sp³-hybridized carbons (Fsp3) is 0.400. The van der Waals surface area contributed by atoms with Crippen LogP contribution in [0.2, 0.25) is 0 Å². The van der Waals surface area contributed by atoms with Crippen molar-refractivity contribution in [2.45, 2.75) is 44.8 Å². The second-order valence-electron chi connectivity index (χ2n) is 10.5. The monoisotopic (exact) mass is 542 g/mol. The summed E-state index contributed by atoms with van der Waals surface area (Å²) in [4.78, 5) is 39.3. The Kier molecular flexibility index (Phi) is 7.36. The fourth-order valence-electron chi connectivity index (χ4n) is 5.86. The first-order valence-electron chi connectivity index (χ1n) is 13.9. The molecular weight excluding hydrogens is 508 g/mol. The summed E-state index contributed by atoms with van der Waals surface area (Å²) in [5, 5.41) is 5.63. The topological polar surface area (TPSA) is 109 Å². The lowest BCUT2D eigenvalue weighted by atomic mass is 10.0. The number of benzene rings is 2. The van der Waals surface area contributed by atoms with Gasteiger partial charge in [-0.2, -0.15) is 0 Å². The molecule has 0 saturated carbocycles. The van der Waals surface area contributed by atoms with Gasteiger partial charge in [-0.1, -0.05) is 6.92 Å². The predicted molar refractivity (Wildman–Crippen MR) is 153 cm³/mol. The number of hydrogen-bond acceptors (Lipinski definition) is 8. The molecule has 0 radical (unpaired) electrons. The summed E-state index contributed by atoms with van der Waals surface area (Å²) in [5.74, 6) is 1.36. The number of ether oxygens (including phenoxy) is 2. The lowest BCUT2D eigenvalue weighted by Gasteiger charge is -2.38. The minimum absolute atomic E-state index is 0.372. The first kappa shape index (κ1) is 26.2. The summed E-state index contributed by atoms with van der Waals surface area (Å²) in [6.07, 6.45) is 3.23. The number of methoxy groups -OCH3 is 1. The van der Waals surface area contributed by atoms with E-state index in [0.29, 0.717) is 34.8 Å². The van der Waals surface area contributed by atoms with Gasteiger partial charge in [0.15, 0.2) is 5.82 Å². The Hall–Kier alpha value is -4.02. The quantitative estimate of drug-likeness (QED) is 0.444. The second-order valence-corrected chi connectivity index (χ2v) is 10.5. The molecule has 208 valence electrons. The van der Waals surface area contributed by atoms with Crippen LogP contribution in [-0.2, 0) is 22.4 Å². The Bertz CT molecular complexity index is 1380.